The number of sulfonamides is 1. The van der Waals surface area contributed by atoms with Crippen molar-refractivity contribution >= 4 is 21.4 Å². The highest BCUT2D eigenvalue weighted by atomic mass is 32.2. The third-order valence-electron chi connectivity index (χ3n) is 3.45. The molecule has 23 heavy (non-hydrogen) atoms. The predicted molar refractivity (Wildman–Crippen MR) is 87.5 cm³/mol. The SMILES string of the molecule is CN(CCc1ccc(N)cc1)S(=O)(=O)c1ccccc1[N+](=O)[O-]. The molecule has 0 unspecified atom stereocenters. The summed E-state index contributed by atoms with van der Waals surface area (Å²) in [5.74, 6) is 0. The van der Waals surface area contributed by atoms with E-state index in [0.29, 0.717) is 12.1 Å². The molecule has 0 aliphatic heterocycles. The van der Waals surface area contributed by atoms with Gasteiger partial charge in [0.05, 0.1) is 4.92 Å². The zero-order valence-electron chi connectivity index (χ0n) is 12.5. The second-order valence-corrected chi connectivity index (χ2v) is 7.06. The summed E-state index contributed by atoms with van der Waals surface area (Å²) in [6.07, 6.45) is 0.483. The Hall–Kier alpha value is -2.45. The number of nitrogen functional groups attached to an aromatic ring is 1. The van der Waals surface area contributed by atoms with E-state index in [1.54, 1.807) is 12.1 Å². The molecule has 0 aromatic heterocycles. The van der Waals surface area contributed by atoms with Crippen molar-refractivity contribution in [2.45, 2.75) is 11.3 Å². The van der Waals surface area contributed by atoms with E-state index in [0.717, 1.165) is 9.87 Å². The minimum atomic E-state index is -3.93. The Morgan fingerprint density at radius 2 is 1.74 bits per heavy atom. The topological polar surface area (TPSA) is 107 Å². The highest BCUT2D eigenvalue weighted by molar-refractivity contribution is 7.89. The molecule has 2 aromatic rings. The molecule has 0 bridgehead atoms. The molecule has 0 aliphatic rings. The Morgan fingerprint density at radius 1 is 1.13 bits per heavy atom. The van der Waals surface area contributed by atoms with E-state index >= 15 is 0 Å². The van der Waals surface area contributed by atoms with E-state index in [-0.39, 0.29) is 11.4 Å². The quantitative estimate of drug-likeness (QED) is 0.494. The van der Waals surface area contributed by atoms with Crippen LogP contribution in [0.5, 0.6) is 0 Å². The molecule has 0 spiro atoms. The number of likely N-dealkylation sites (N-methyl/N-ethyl adjacent to an activating group) is 1. The van der Waals surface area contributed by atoms with Crippen LogP contribution in [0.1, 0.15) is 5.56 Å². The number of nitrogens with two attached hydrogens (primary N) is 1. The van der Waals surface area contributed by atoms with Gasteiger partial charge in [-0.3, -0.25) is 10.1 Å². The number of para-hydroxylation sites is 1. The second-order valence-electron chi connectivity index (χ2n) is 5.04. The lowest BCUT2D eigenvalue weighted by molar-refractivity contribution is -0.387. The average molecular weight is 335 g/mol. The third-order valence-corrected chi connectivity index (χ3v) is 5.35. The Morgan fingerprint density at radius 3 is 2.35 bits per heavy atom. The van der Waals surface area contributed by atoms with Crippen molar-refractivity contribution in [1.29, 1.82) is 0 Å². The largest absolute Gasteiger partial charge is 0.399 e. The minimum Gasteiger partial charge on any atom is -0.399 e. The van der Waals surface area contributed by atoms with Gasteiger partial charge in [-0.2, -0.15) is 0 Å². The Bertz CT molecular complexity index is 804. The van der Waals surface area contributed by atoms with Gasteiger partial charge in [-0.15, -0.1) is 0 Å². The van der Waals surface area contributed by atoms with Gasteiger partial charge >= 0.3 is 0 Å². The summed E-state index contributed by atoms with van der Waals surface area (Å²) < 4.78 is 26.2. The molecule has 0 atom stereocenters. The molecule has 2 N–H and O–H groups in total. The first-order valence-corrected chi connectivity index (χ1v) is 8.30. The molecule has 8 heteroatoms. The van der Waals surface area contributed by atoms with E-state index in [2.05, 4.69) is 0 Å². The van der Waals surface area contributed by atoms with E-state index in [4.69, 9.17) is 5.73 Å². The number of nitrogens with zero attached hydrogens (tertiary/aromatic N) is 2. The zero-order valence-corrected chi connectivity index (χ0v) is 13.4. The van der Waals surface area contributed by atoms with Crippen molar-refractivity contribution in [3.8, 4) is 0 Å². The van der Waals surface area contributed by atoms with Crippen molar-refractivity contribution in [3.63, 3.8) is 0 Å². The van der Waals surface area contributed by atoms with Crippen LogP contribution in [0.15, 0.2) is 53.4 Å². The normalized spacial score (nSPS) is 11.6. The molecule has 122 valence electrons. The fraction of sp³-hybridized carbons (Fsp3) is 0.200. The van der Waals surface area contributed by atoms with E-state index in [9.17, 15) is 18.5 Å². The third kappa shape index (κ3) is 3.85. The number of nitro benzene ring substituents is 1. The molecule has 0 fully saturated rings. The number of hydrogen-bond acceptors (Lipinski definition) is 5. The smallest absolute Gasteiger partial charge is 0.289 e. The molecule has 7 nitrogen and oxygen atoms in total. The van der Waals surface area contributed by atoms with Crippen LogP contribution >= 0.6 is 0 Å². The summed E-state index contributed by atoms with van der Waals surface area (Å²) in [5.41, 5.74) is 6.75. The van der Waals surface area contributed by atoms with Crippen molar-refractivity contribution in [2.75, 3.05) is 19.3 Å². The summed E-state index contributed by atoms with van der Waals surface area (Å²) in [7, 11) is -2.52. The molecule has 0 amide bonds. The molecule has 2 aromatic carbocycles. The molecule has 0 heterocycles. The lowest BCUT2D eigenvalue weighted by atomic mass is 10.1. The van der Waals surface area contributed by atoms with Crippen molar-refractivity contribution in [3.05, 3.63) is 64.2 Å². The van der Waals surface area contributed by atoms with Crippen LogP contribution in [0, 0.1) is 10.1 Å². The van der Waals surface area contributed by atoms with Crippen molar-refractivity contribution in [1.82, 2.24) is 4.31 Å². The van der Waals surface area contributed by atoms with Gasteiger partial charge in [0, 0.05) is 25.3 Å². The van der Waals surface area contributed by atoms with Gasteiger partial charge in [-0.1, -0.05) is 24.3 Å². The van der Waals surface area contributed by atoms with E-state index < -0.39 is 20.6 Å². The van der Waals surface area contributed by atoms with Gasteiger partial charge in [0.1, 0.15) is 0 Å². The molecular formula is C15H17N3O4S. The average Bonchev–Trinajstić information content (AvgIpc) is 2.54. The molecule has 2 rings (SSSR count). The predicted octanol–water partition coefficient (Wildman–Crippen LogP) is 2.04. The van der Waals surface area contributed by atoms with Gasteiger partial charge in [0.2, 0.25) is 10.0 Å². The number of nitro groups is 1. The lowest BCUT2D eigenvalue weighted by Gasteiger charge is -2.17. The highest BCUT2D eigenvalue weighted by Crippen LogP contribution is 2.25. The van der Waals surface area contributed by atoms with Crippen LogP contribution in [0.25, 0.3) is 0 Å². The fourth-order valence-corrected chi connectivity index (χ4v) is 3.41. The molecule has 0 saturated heterocycles. The van der Waals surface area contributed by atoms with Crippen LogP contribution in [-0.2, 0) is 16.4 Å². The first-order chi connectivity index (χ1) is 10.8. The zero-order chi connectivity index (χ0) is 17.0. The lowest BCUT2D eigenvalue weighted by Crippen LogP contribution is -2.29. The Kier molecular flexibility index (Phi) is 4.97. The van der Waals surface area contributed by atoms with Gasteiger partial charge in [0.15, 0.2) is 4.90 Å². The second kappa shape index (κ2) is 6.76. The first-order valence-electron chi connectivity index (χ1n) is 6.86. The van der Waals surface area contributed by atoms with Crippen LogP contribution in [0.4, 0.5) is 11.4 Å². The van der Waals surface area contributed by atoms with Crippen LogP contribution in [0.2, 0.25) is 0 Å². The van der Waals surface area contributed by atoms with Gasteiger partial charge in [-0.05, 0) is 30.2 Å². The van der Waals surface area contributed by atoms with Crippen LogP contribution in [-0.4, -0.2) is 31.2 Å². The van der Waals surface area contributed by atoms with Crippen LogP contribution < -0.4 is 5.73 Å². The highest BCUT2D eigenvalue weighted by Gasteiger charge is 2.28. The summed E-state index contributed by atoms with van der Waals surface area (Å²) in [4.78, 5) is 10.0. The number of benzene rings is 2. The maximum atomic E-state index is 12.5. The molecule has 0 radical (unpaired) electrons. The minimum absolute atomic E-state index is 0.207. The maximum Gasteiger partial charge on any atom is 0.289 e. The van der Waals surface area contributed by atoms with Crippen LogP contribution in [0.3, 0.4) is 0 Å². The summed E-state index contributed by atoms with van der Waals surface area (Å²) in [5, 5.41) is 11.0. The molecule has 0 saturated carbocycles. The van der Waals surface area contributed by atoms with Crippen molar-refractivity contribution in [2.24, 2.45) is 0 Å². The van der Waals surface area contributed by atoms with E-state index in [1.807, 2.05) is 12.1 Å². The number of anilines is 1. The Balaban J connectivity index is 2.19. The summed E-state index contributed by atoms with van der Waals surface area (Å²) in [6.45, 7) is 0.207. The van der Waals surface area contributed by atoms with Gasteiger partial charge < -0.3 is 5.73 Å². The number of rotatable bonds is 6. The van der Waals surface area contributed by atoms with Gasteiger partial charge in [-0.25, -0.2) is 12.7 Å². The van der Waals surface area contributed by atoms with E-state index in [1.165, 1.54) is 31.3 Å². The summed E-state index contributed by atoms with van der Waals surface area (Å²) >= 11 is 0. The summed E-state index contributed by atoms with van der Waals surface area (Å²) in [6, 6.07) is 12.5. The molecular weight excluding hydrogens is 318 g/mol. The van der Waals surface area contributed by atoms with Gasteiger partial charge in [0.25, 0.3) is 5.69 Å². The van der Waals surface area contributed by atoms with Crippen molar-refractivity contribution < 1.29 is 13.3 Å². The first kappa shape index (κ1) is 16.9. The Labute approximate surface area is 134 Å². The number of hydrogen-bond donors (Lipinski definition) is 1. The fourth-order valence-electron chi connectivity index (χ4n) is 2.09. The maximum absolute atomic E-state index is 12.5. The molecule has 0 aliphatic carbocycles. The monoisotopic (exact) mass is 335 g/mol. The standard InChI is InChI=1S/C15H17N3O4S/c1-17(11-10-12-6-8-13(16)9-7-12)23(21,22)15-5-3-2-4-14(15)18(19)20/h2-9H,10-11,16H2,1H3.